The molecule has 1 atom stereocenters. The standard InChI is InChI=1S/C21H24N2O5S2/c1-27-18-7-6-15(14-20(18)30(25,26)23-9-11-28-12-10-23)21(24)22-17-8-13-29-19-5-3-2-4-16(17)19/h2-7,14,17H,8-13H2,1H3,(H,22,24)/t17-/m1/s1. The molecule has 0 spiro atoms. The van der Waals surface area contributed by atoms with Crippen LogP contribution >= 0.6 is 11.8 Å². The SMILES string of the molecule is COc1ccc(C(=O)N[C@@H]2CCSc3ccccc32)cc1S(=O)(=O)N1CCOCC1. The largest absolute Gasteiger partial charge is 0.495 e. The van der Waals surface area contributed by atoms with Gasteiger partial charge in [0, 0.05) is 29.3 Å². The minimum atomic E-state index is -3.80. The number of ether oxygens (including phenoxy) is 2. The van der Waals surface area contributed by atoms with E-state index in [2.05, 4.69) is 11.4 Å². The van der Waals surface area contributed by atoms with E-state index < -0.39 is 10.0 Å². The Labute approximate surface area is 180 Å². The molecule has 2 aromatic carbocycles. The van der Waals surface area contributed by atoms with Gasteiger partial charge in [0.2, 0.25) is 10.0 Å². The number of thioether (sulfide) groups is 1. The molecule has 0 saturated carbocycles. The van der Waals surface area contributed by atoms with Gasteiger partial charge < -0.3 is 14.8 Å². The summed E-state index contributed by atoms with van der Waals surface area (Å²) in [5.74, 6) is 0.835. The number of morpholine rings is 1. The molecule has 0 aliphatic carbocycles. The van der Waals surface area contributed by atoms with E-state index in [1.807, 2.05) is 18.2 Å². The van der Waals surface area contributed by atoms with Crippen LogP contribution in [0, 0.1) is 0 Å². The van der Waals surface area contributed by atoms with E-state index in [0.29, 0.717) is 18.8 Å². The first-order valence-corrected chi connectivity index (χ1v) is 12.2. The summed E-state index contributed by atoms with van der Waals surface area (Å²) in [5, 5.41) is 3.07. The Hall–Kier alpha value is -2.07. The lowest BCUT2D eigenvalue weighted by molar-refractivity contribution is 0.0729. The molecular weight excluding hydrogens is 424 g/mol. The van der Waals surface area contributed by atoms with Crippen molar-refractivity contribution in [1.82, 2.24) is 9.62 Å². The number of carbonyl (C=O) groups is 1. The van der Waals surface area contributed by atoms with Crippen LogP contribution in [-0.4, -0.2) is 57.8 Å². The van der Waals surface area contributed by atoms with Crippen molar-refractivity contribution in [2.24, 2.45) is 0 Å². The molecule has 1 fully saturated rings. The third-order valence-electron chi connectivity index (χ3n) is 5.28. The van der Waals surface area contributed by atoms with E-state index in [4.69, 9.17) is 9.47 Å². The van der Waals surface area contributed by atoms with Crippen LogP contribution in [0.4, 0.5) is 0 Å². The maximum absolute atomic E-state index is 13.2. The van der Waals surface area contributed by atoms with Crippen LogP contribution in [0.3, 0.4) is 0 Å². The summed E-state index contributed by atoms with van der Waals surface area (Å²) in [6.45, 7) is 1.25. The van der Waals surface area contributed by atoms with Gasteiger partial charge in [0.15, 0.2) is 0 Å². The highest BCUT2D eigenvalue weighted by Gasteiger charge is 2.30. The normalized spacial score (nSPS) is 19.7. The Balaban J connectivity index is 1.61. The molecule has 9 heteroatoms. The molecule has 2 aliphatic rings. The maximum atomic E-state index is 13.2. The van der Waals surface area contributed by atoms with Crippen LogP contribution in [0.2, 0.25) is 0 Å². The van der Waals surface area contributed by atoms with E-state index in [9.17, 15) is 13.2 Å². The second kappa shape index (κ2) is 8.97. The van der Waals surface area contributed by atoms with Gasteiger partial charge in [0.1, 0.15) is 10.6 Å². The molecule has 1 amide bonds. The zero-order chi connectivity index (χ0) is 21.1. The fraction of sp³-hybridized carbons (Fsp3) is 0.381. The second-order valence-corrected chi connectivity index (χ2v) is 10.1. The quantitative estimate of drug-likeness (QED) is 0.757. The number of fused-ring (bicyclic) bond motifs is 1. The Morgan fingerprint density at radius 2 is 1.97 bits per heavy atom. The monoisotopic (exact) mass is 448 g/mol. The molecule has 2 heterocycles. The summed E-state index contributed by atoms with van der Waals surface area (Å²) in [6, 6.07) is 12.5. The number of hydrogen-bond acceptors (Lipinski definition) is 6. The van der Waals surface area contributed by atoms with Crippen molar-refractivity contribution in [2.75, 3.05) is 39.2 Å². The number of carbonyl (C=O) groups excluding carboxylic acids is 1. The van der Waals surface area contributed by atoms with Crippen LogP contribution < -0.4 is 10.1 Å². The molecule has 4 rings (SSSR count). The average Bonchev–Trinajstić information content (AvgIpc) is 2.79. The summed E-state index contributed by atoms with van der Waals surface area (Å²) in [4.78, 5) is 14.2. The lowest BCUT2D eigenvalue weighted by Gasteiger charge is -2.27. The zero-order valence-electron chi connectivity index (χ0n) is 16.7. The van der Waals surface area contributed by atoms with Gasteiger partial charge in [-0.15, -0.1) is 11.8 Å². The van der Waals surface area contributed by atoms with Gasteiger partial charge in [-0.3, -0.25) is 4.79 Å². The van der Waals surface area contributed by atoms with Gasteiger partial charge in [0.25, 0.3) is 5.91 Å². The van der Waals surface area contributed by atoms with Gasteiger partial charge >= 0.3 is 0 Å². The highest BCUT2D eigenvalue weighted by molar-refractivity contribution is 7.99. The Morgan fingerprint density at radius 1 is 1.20 bits per heavy atom. The van der Waals surface area contributed by atoms with Crippen LogP contribution in [0.25, 0.3) is 0 Å². The molecule has 7 nitrogen and oxygen atoms in total. The lowest BCUT2D eigenvalue weighted by atomic mass is 10.0. The Morgan fingerprint density at radius 3 is 2.73 bits per heavy atom. The van der Waals surface area contributed by atoms with Crippen molar-refractivity contribution in [3.8, 4) is 5.75 Å². The first-order chi connectivity index (χ1) is 14.5. The highest BCUT2D eigenvalue weighted by Crippen LogP contribution is 2.36. The summed E-state index contributed by atoms with van der Waals surface area (Å²) < 4.78 is 38.2. The smallest absolute Gasteiger partial charge is 0.251 e. The van der Waals surface area contributed by atoms with E-state index in [0.717, 1.165) is 17.7 Å². The summed E-state index contributed by atoms with van der Waals surface area (Å²) in [7, 11) is -2.38. The number of hydrogen-bond donors (Lipinski definition) is 1. The molecule has 1 N–H and O–H groups in total. The molecule has 2 aromatic rings. The Kier molecular flexibility index (Phi) is 6.33. The van der Waals surface area contributed by atoms with Crippen molar-refractivity contribution in [3.63, 3.8) is 0 Å². The van der Waals surface area contributed by atoms with Gasteiger partial charge in [-0.25, -0.2) is 8.42 Å². The van der Waals surface area contributed by atoms with Crippen molar-refractivity contribution >= 4 is 27.7 Å². The first kappa shape index (κ1) is 21.2. The number of benzene rings is 2. The molecule has 30 heavy (non-hydrogen) atoms. The third-order valence-corrected chi connectivity index (χ3v) is 8.32. The van der Waals surface area contributed by atoms with Gasteiger partial charge in [-0.05, 0) is 36.2 Å². The second-order valence-electron chi connectivity index (χ2n) is 7.08. The summed E-state index contributed by atoms with van der Waals surface area (Å²) in [6.07, 6.45) is 0.822. The van der Waals surface area contributed by atoms with Crippen molar-refractivity contribution in [2.45, 2.75) is 22.3 Å². The van der Waals surface area contributed by atoms with E-state index in [1.165, 1.54) is 28.4 Å². The van der Waals surface area contributed by atoms with Gasteiger partial charge in [-0.1, -0.05) is 18.2 Å². The molecule has 1 saturated heterocycles. The van der Waals surface area contributed by atoms with Crippen molar-refractivity contribution < 1.29 is 22.7 Å². The molecule has 0 aromatic heterocycles. The van der Waals surface area contributed by atoms with E-state index >= 15 is 0 Å². The van der Waals surface area contributed by atoms with Crippen LogP contribution in [-0.2, 0) is 14.8 Å². The van der Waals surface area contributed by atoms with Gasteiger partial charge in [-0.2, -0.15) is 4.31 Å². The Bertz CT molecular complexity index is 1040. The van der Waals surface area contributed by atoms with Gasteiger partial charge in [0.05, 0.1) is 26.4 Å². The number of amides is 1. The minimum Gasteiger partial charge on any atom is -0.495 e. The molecule has 160 valence electrons. The minimum absolute atomic E-state index is 0.000787. The predicted octanol–water partition coefficient (Wildman–Crippen LogP) is 2.68. The maximum Gasteiger partial charge on any atom is 0.251 e. The third kappa shape index (κ3) is 4.20. The van der Waals surface area contributed by atoms with Crippen molar-refractivity contribution in [1.29, 1.82) is 0 Å². The number of rotatable bonds is 5. The van der Waals surface area contributed by atoms with Crippen LogP contribution in [0.15, 0.2) is 52.3 Å². The highest BCUT2D eigenvalue weighted by atomic mass is 32.2. The molecule has 0 unspecified atom stereocenters. The number of nitrogens with zero attached hydrogens (tertiary/aromatic N) is 1. The fourth-order valence-electron chi connectivity index (χ4n) is 3.68. The average molecular weight is 449 g/mol. The summed E-state index contributed by atoms with van der Waals surface area (Å²) in [5.41, 5.74) is 1.38. The predicted molar refractivity (Wildman–Crippen MR) is 115 cm³/mol. The van der Waals surface area contributed by atoms with Crippen molar-refractivity contribution in [3.05, 3.63) is 53.6 Å². The summed E-state index contributed by atoms with van der Waals surface area (Å²) >= 11 is 1.78. The van der Waals surface area contributed by atoms with Crippen LogP contribution in [0.5, 0.6) is 5.75 Å². The molecule has 2 aliphatic heterocycles. The molecule has 0 radical (unpaired) electrons. The number of nitrogens with one attached hydrogen (secondary N) is 1. The molecular formula is C21H24N2O5S2. The van der Waals surface area contributed by atoms with E-state index in [1.54, 1.807) is 17.8 Å². The number of sulfonamides is 1. The first-order valence-electron chi connectivity index (χ1n) is 9.79. The molecule has 0 bridgehead atoms. The van der Waals surface area contributed by atoms with Crippen LogP contribution in [0.1, 0.15) is 28.4 Å². The topological polar surface area (TPSA) is 84.9 Å². The van der Waals surface area contributed by atoms with E-state index in [-0.39, 0.29) is 35.7 Å². The number of methoxy groups -OCH3 is 1. The fourth-order valence-corrected chi connectivity index (χ4v) is 6.39. The zero-order valence-corrected chi connectivity index (χ0v) is 18.3. The lowest BCUT2D eigenvalue weighted by Crippen LogP contribution is -2.40.